The number of fused-ring (bicyclic) bond motifs is 1. The lowest BCUT2D eigenvalue weighted by Crippen LogP contribution is -2.27. The molecule has 0 aromatic carbocycles. The van der Waals surface area contributed by atoms with E-state index in [-0.39, 0.29) is 11.9 Å². The van der Waals surface area contributed by atoms with E-state index in [2.05, 4.69) is 14.8 Å². The Kier molecular flexibility index (Phi) is 2.19. The second-order valence-electron chi connectivity index (χ2n) is 4.61. The predicted octanol–water partition coefficient (Wildman–Crippen LogP) is 0.891. The third kappa shape index (κ3) is 1.50. The average Bonchev–Trinajstić information content (AvgIpc) is 3.08. The molecule has 16 heavy (non-hydrogen) atoms. The molecule has 0 N–H and O–H groups in total. The minimum Gasteiger partial charge on any atom is -0.469 e. The summed E-state index contributed by atoms with van der Waals surface area (Å²) < 4.78 is 6.97. The van der Waals surface area contributed by atoms with E-state index in [1.165, 1.54) is 20.0 Å². The molecular formula is C11H15N3O2. The smallest absolute Gasteiger partial charge is 0.309 e. The fourth-order valence-electron chi connectivity index (χ4n) is 2.36. The summed E-state index contributed by atoms with van der Waals surface area (Å²) in [7, 11) is 1.44. The Morgan fingerprint density at radius 1 is 1.38 bits per heavy atom. The average molecular weight is 221 g/mol. The van der Waals surface area contributed by atoms with Crippen LogP contribution >= 0.6 is 0 Å². The van der Waals surface area contributed by atoms with Gasteiger partial charge >= 0.3 is 5.97 Å². The maximum atomic E-state index is 11.5. The van der Waals surface area contributed by atoms with Crippen LogP contribution in [0.1, 0.15) is 36.8 Å². The van der Waals surface area contributed by atoms with Crippen molar-refractivity contribution in [2.45, 2.75) is 38.1 Å². The number of esters is 1. The van der Waals surface area contributed by atoms with Gasteiger partial charge in [-0.2, -0.15) is 0 Å². The molecule has 1 aliphatic carbocycles. The van der Waals surface area contributed by atoms with Crippen LogP contribution in [-0.4, -0.2) is 27.8 Å². The number of methoxy groups -OCH3 is 1. The predicted molar refractivity (Wildman–Crippen MR) is 55.8 cm³/mol. The van der Waals surface area contributed by atoms with Gasteiger partial charge in [0.2, 0.25) is 0 Å². The molecule has 1 aromatic heterocycles. The van der Waals surface area contributed by atoms with Gasteiger partial charge in [-0.25, -0.2) is 0 Å². The van der Waals surface area contributed by atoms with Crippen LogP contribution in [0.2, 0.25) is 0 Å². The molecule has 86 valence electrons. The summed E-state index contributed by atoms with van der Waals surface area (Å²) >= 11 is 0. The van der Waals surface area contributed by atoms with Crippen molar-refractivity contribution in [2.75, 3.05) is 7.11 Å². The summed E-state index contributed by atoms with van der Waals surface area (Å²) in [6.45, 7) is 0.855. The number of ether oxygens (including phenoxy) is 1. The highest BCUT2D eigenvalue weighted by molar-refractivity contribution is 5.72. The van der Waals surface area contributed by atoms with Crippen LogP contribution in [-0.2, 0) is 22.5 Å². The number of carbonyl (C=O) groups excluding carboxylic acids is 1. The van der Waals surface area contributed by atoms with E-state index in [0.29, 0.717) is 12.3 Å². The van der Waals surface area contributed by atoms with E-state index < -0.39 is 0 Å². The van der Waals surface area contributed by atoms with Gasteiger partial charge in [0.15, 0.2) is 0 Å². The Balaban J connectivity index is 1.82. The first-order valence-corrected chi connectivity index (χ1v) is 5.79. The van der Waals surface area contributed by atoms with Gasteiger partial charge in [-0.3, -0.25) is 4.79 Å². The summed E-state index contributed by atoms with van der Waals surface area (Å²) in [5, 5.41) is 8.43. The largest absolute Gasteiger partial charge is 0.469 e. The summed E-state index contributed by atoms with van der Waals surface area (Å²) in [6.07, 6.45) is 3.99. The molecule has 2 heterocycles. The Morgan fingerprint density at radius 2 is 2.19 bits per heavy atom. The van der Waals surface area contributed by atoms with E-state index in [1.54, 1.807) is 0 Å². The molecule has 0 unspecified atom stereocenters. The van der Waals surface area contributed by atoms with E-state index in [1.807, 2.05) is 0 Å². The van der Waals surface area contributed by atoms with Crippen LogP contribution in [0.4, 0.5) is 0 Å². The molecular weight excluding hydrogens is 206 g/mol. The molecule has 1 aromatic rings. The Hall–Kier alpha value is -1.39. The Morgan fingerprint density at radius 3 is 2.88 bits per heavy atom. The first-order valence-electron chi connectivity index (χ1n) is 5.79. The van der Waals surface area contributed by atoms with Crippen LogP contribution in [0.25, 0.3) is 0 Å². The second-order valence-corrected chi connectivity index (χ2v) is 4.61. The normalized spacial score (nSPS) is 23.9. The van der Waals surface area contributed by atoms with Gasteiger partial charge in [0.05, 0.1) is 13.0 Å². The van der Waals surface area contributed by atoms with Gasteiger partial charge in [-0.15, -0.1) is 10.2 Å². The number of hydrogen-bond donors (Lipinski definition) is 0. The summed E-state index contributed by atoms with van der Waals surface area (Å²) in [6, 6.07) is 0. The second kappa shape index (κ2) is 3.57. The molecule has 5 nitrogen and oxygen atoms in total. The zero-order valence-corrected chi connectivity index (χ0v) is 9.35. The number of rotatable bonds is 2. The van der Waals surface area contributed by atoms with Crippen molar-refractivity contribution in [1.29, 1.82) is 0 Å². The summed E-state index contributed by atoms with van der Waals surface area (Å²) in [4.78, 5) is 11.5. The third-order valence-electron chi connectivity index (χ3n) is 3.46. The van der Waals surface area contributed by atoms with Crippen molar-refractivity contribution < 1.29 is 9.53 Å². The van der Waals surface area contributed by atoms with E-state index >= 15 is 0 Å². The van der Waals surface area contributed by atoms with Crippen molar-refractivity contribution in [3.63, 3.8) is 0 Å². The van der Waals surface area contributed by atoms with Crippen molar-refractivity contribution >= 4 is 5.97 Å². The van der Waals surface area contributed by atoms with Gasteiger partial charge in [-0.1, -0.05) is 0 Å². The van der Waals surface area contributed by atoms with Crippen LogP contribution < -0.4 is 0 Å². The van der Waals surface area contributed by atoms with Crippen molar-refractivity contribution in [3.8, 4) is 0 Å². The molecule has 1 saturated carbocycles. The topological polar surface area (TPSA) is 57.0 Å². The Bertz CT molecular complexity index is 423. The maximum Gasteiger partial charge on any atom is 0.309 e. The van der Waals surface area contributed by atoms with Gasteiger partial charge < -0.3 is 9.30 Å². The molecule has 0 bridgehead atoms. The standard InChI is InChI=1S/C11H15N3O2/c1-16-11(15)8-4-5-14-9(6-8)12-13-10(14)7-2-3-7/h7-8H,2-6H2,1H3/t8-/m1/s1. The molecule has 1 atom stereocenters. The van der Waals surface area contributed by atoms with E-state index in [4.69, 9.17) is 4.74 Å². The highest BCUT2D eigenvalue weighted by Gasteiger charge is 2.34. The highest BCUT2D eigenvalue weighted by atomic mass is 16.5. The minimum absolute atomic E-state index is 0.0336. The molecule has 0 saturated heterocycles. The number of nitrogens with zero attached hydrogens (tertiary/aromatic N) is 3. The van der Waals surface area contributed by atoms with Crippen LogP contribution in [0.5, 0.6) is 0 Å². The lowest BCUT2D eigenvalue weighted by Gasteiger charge is -2.21. The van der Waals surface area contributed by atoms with Gasteiger partial charge in [0.1, 0.15) is 11.6 Å². The van der Waals surface area contributed by atoms with E-state index in [0.717, 1.165) is 24.6 Å². The van der Waals surface area contributed by atoms with Crippen molar-refractivity contribution in [1.82, 2.24) is 14.8 Å². The molecule has 1 aliphatic heterocycles. The minimum atomic E-state index is -0.123. The van der Waals surface area contributed by atoms with Gasteiger partial charge in [0, 0.05) is 18.9 Å². The molecule has 0 radical (unpaired) electrons. The molecule has 3 rings (SSSR count). The zero-order chi connectivity index (χ0) is 11.1. The Labute approximate surface area is 93.8 Å². The first-order chi connectivity index (χ1) is 7.79. The highest BCUT2D eigenvalue weighted by Crippen LogP contribution is 2.40. The summed E-state index contributed by atoms with van der Waals surface area (Å²) in [5.74, 6) is 2.54. The van der Waals surface area contributed by atoms with Gasteiger partial charge in [0.25, 0.3) is 0 Å². The number of hydrogen-bond acceptors (Lipinski definition) is 4. The first kappa shape index (κ1) is 9.81. The molecule has 0 amide bonds. The molecule has 1 fully saturated rings. The number of aromatic nitrogens is 3. The zero-order valence-electron chi connectivity index (χ0n) is 9.35. The SMILES string of the molecule is COC(=O)[C@@H]1CCn2c(nnc2C2CC2)C1. The number of carbonyl (C=O) groups is 1. The lowest BCUT2D eigenvalue weighted by molar-refractivity contribution is -0.146. The van der Waals surface area contributed by atoms with Crippen molar-refractivity contribution in [3.05, 3.63) is 11.6 Å². The van der Waals surface area contributed by atoms with Gasteiger partial charge in [-0.05, 0) is 19.3 Å². The molecule has 2 aliphatic rings. The monoisotopic (exact) mass is 221 g/mol. The van der Waals surface area contributed by atoms with Crippen LogP contribution in [0.3, 0.4) is 0 Å². The fraction of sp³-hybridized carbons (Fsp3) is 0.727. The summed E-state index contributed by atoms with van der Waals surface area (Å²) in [5.41, 5.74) is 0. The van der Waals surface area contributed by atoms with Crippen LogP contribution in [0.15, 0.2) is 0 Å². The van der Waals surface area contributed by atoms with E-state index in [9.17, 15) is 4.79 Å². The van der Waals surface area contributed by atoms with Crippen molar-refractivity contribution in [2.24, 2.45) is 5.92 Å². The quantitative estimate of drug-likeness (QED) is 0.696. The lowest BCUT2D eigenvalue weighted by atomic mass is 9.98. The maximum absolute atomic E-state index is 11.5. The molecule has 0 spiro atoms. The third-order valence-corrected chi connectivity index (χ3v) is 3.46. The molecule has 5 heteroatoms. The van der Waals surface area contributed by atoms with Crippen LogP contribution in [0, 0.1) is 5.92 Å². The fourth-order valence-corrected chi connectivity index (χ4v) is 2.36.